The zero-order valence-electron chi connectivity index (χ0n) is 16.3. The lowest BCUT2D eigenvalue weighted by Gasteiger charge is -2.13. The number of nitrogens with one attached hydrogen (secondary N) is 1. The second kappa shape index (κ2) is 8.69. The van der Waals surface area contributed by atoms with Gasteiger partial charge in [0, 0.05) is 5.69 Å². The topological polar surface area (TPSA) is 94.7 Å². The number of aromatic amines is 1. The third-order valence-corrected chi connectivity index (χ3v) is 4.20. The van der Waals surface area contributed by atoms with E-state index in [0.29, 0.717) is 11.3 Å². The van der Waals surface area contributed by atoms with Gasteiger partial charge in [-0.2, -0.15) is 0 Å². The molecular formula is C20H22FNO6. The largest absolute Gasteiger partial charge is 0.494 e. The lowest BCUT2D eigenvalue weighted by atomic mass is 10.1. The van der Waals surface area contributed by atoms with E-state index in [1.54, 1.807) is 20.8 Å². The van der Waals surface area contributed by atoms with E-state index in [1.807, 2.05) is 0 Å². The highest BCUT2D eigenvalue weighted by Gasteiger charge is 2.28. The normalized spacial score (nSPS) is 11.6. The van der Waals surface area contributed by atoms with Crippen LogP contribution in [0.3, 0.4) is 0 Å². The Kier molecular flexibility index (Phi) is 6.56. The minimum absolute atomic E-state index is 0.00958. The number of aromatic nitrogens is 1. The van der Waals surface area contributed by atoms with Crippen LogP contribution in [0, 0.1) is 19.7 Å². The third kappa shape index (κ3) is 4.21. The Labute approximate surface area is 161 Å². The fourth-order valence-corrected chi connectivity index (χ4v) is 2.78. The average Bonchev–Trinajstić information content (AvgIpc) is 2.95. The van der Waals surface area contributed by atoms with Gasteiger partial charge >= 0.3 is 11.9 Å². The Balaban J connectivity index is 2.19. The van der Waals surface area contributed by atoms with Crippen LogP contribution in [0.1, 0.15) is 56.3 Å². The van der Waals surface area contributed by atoms with Crippen molar-refractivity contribution in [3.8, 4) is 5.75 Å². The SMILES string of the molecule is CCOC(=O)c1c(C)[nH]c(C(=O)[C@H](C)OC(=O)c2ccc(OC)c(F)c2)c1C. The van der Waals surface area contributed by atoms with Gasteiger partial charge in [-0.1, -0.05) is 0 Å². The molecule has 8 heteroatoms. The number of hydrogen-bond donors (Lipinski definition) is 1. The highest BCUT2D eigenvalue weighted by Crippen LogP contribution is 2.22. The molecule has 2 aromatic rings. The van der Waals surface area contributed by atoms with Gasteiger partial charge in [-0.05, 0) is 51.5 Å². The fraction of sp³-hybridized carbons (Fsp3) is 0.350. The van der Waals surface area contributed by atoms with Crippen molar-refractivity contribution < 1.29 is 33.0 Å². The van der Waals surface area contributed by atoms with Crippen LogP contribution in [0.5, 0.6) is 5.75 Å². The van der Waals surface area contributed by atoms with Crippen LogP contribution in [0.2, 0.25) is 0 Å². The number of methoxy groups -OCH3 is 1. The Morgan fingerprint density at radius 1 is 1.18 bits per heavy atom. The molecule has 0 aliphatic carbocycles. The van der Waals surface area contributed by atoms with Crippen LogP contribution in [0.4, 0.5) is 4.39 Å². The molecule has 28 heavy (non-hydrogen) atoms. The summed E-state index contributed by atoms with van der Waals surface area (Å²) in [5.41, 5.74) is 1.28. The van der Waals surface area contributed by atoms with Crippen molar-refractivity contribution in [2.75, 3.05) is 13.7 Å². The smallest absolute Gasteiger partial charge is 0.340 e. The van der Waals surface area contributed by atoms with E-state index in [1.165, 1.54) is 26.2 Å². The highest BCUT2D eigenvalue weighted by atomic mass is 19.1. The summed E-state index contributed by atoms with van der Waals surface area (Å²) >= 11 is 0. The first-order valence-electron chi connectivity index (χ1n) is 8.66. The molecule has 0 radical (unpaired) electrons. The number of carbonyl (C=O) groups excluding carboxylic acids is 3. The number of H-pyrrole nitrogens is 1. The molecule has 0 saturated carbocycles. The molecular weight excluding hydrogens is 369 g/mol. The molecule has 0 fully saturated rings. The van der Waals surface area contributed by atoms with Gasteiger partial charge in [-0.15, -0.1) is 0 Å². The van der Waals surface area contributed by atoms with Crippen LogP contribution in [0.25, 0.3) is 0 Å². The molecule has 1 heterocycles. The van der Waals surface area contributed by atoms with Crippen molar-refractivity contribution in [1.82, 2.24) is 4.98 Å². The van der Waals surface area contributed by atoms with E-state index >= 15 is 0 Å². The molecule has 1 aromatic carbocycles. The van der Waals surface area contributed by atoms with Gasteiger partial charge in [0.05, 0.1) is 30.5 Å². The summed E-state index contributed by atoms with van der Waals surface area (Å²) in [6.07, 6.45) is -1.15. The van der Waals surface area contributed by atoms with Crippen LogP contribution in [-0.2, 0) is 9.47 Å². The number of ketones is 1. The maximum absolute atomic E-state index is 13.8. The van der Waals surface area contributed by atoms with Gasteiger partial charge in [0.25, 0.3) is 0 Å². The Morgan fingerprint density at radius 2 is 1.86 bits per heavy atom. The summed E-state index contributed by atoms with van der Waals surface area (Å²) in [5.74, 6) is -2.63. The molecule has 1 atom stereocenters. The van der Waals surface area contributed by atoms with E-state index < -0.39 is 29.6 Å². The van der Waals surface area contributed by atoms with E-state index in [0.717, 1.165) is 6.07 Å². The predicted molar refractivity (Wildman–Crippen MR) is 98.4 cm³/mol. The second-order valence-electron chi connectivity index (χ2n) is 6.11. The molecule has 0 spiro atoms. The number of hydrogen-bond acceptors (Lipinski definition) is 6. The monoisotopic (exact) mass is 391 g/mol. The maximum atomic E-state index is 13.8. The molecule has 0 amide bonds. The molecule has 0 aliphatic heterocycles. The molecule has 2 rings (SSSR count). The summed E-state index contributed by atoms with van der Waals surface area (Å²) in [5, 5.41) is 0. The lowest BCUT2D eigenvalue weighted by Crippen LogP contribution is -2.25. The van der Waals surface area contributed by atoms with Crippen molar-refractivity contribution in [2.24, 2.45) is 0 Å². The van der Waals surface area contributed by atoms with Crippen molar-refractivity contribution >= 4 is 17.7 Å². The summed E-state index contributed by atoms with van der Waals surface area (Å²) in [6, 6.07) is 3.61. The maximum Gasteiger partial charge on any atom is 0.340 e. The molecule has 1 aromatic heterocycles. The molecule has 150 valence electrons. The standard InChI is InChI=1S/C20H22FNO6/c1-6-27-20(25)16-10(2)17(22-11(16)3)18(23)12(4)28-19(24)13-7-8-15(26-5)14(21)9-13/h7-9,12,22H,6H2,1-5H3/t12-/m0/s1. The second-order valence-corrected chi connectivity index (χ2v) is 6.11. The fourth-order valence-electron chi connectivity index (χ4n) is 2.78. The summed E-state index contributed by atoms with van der Waals surface area (Å²) in [6.45, 7) is 6.55. The number of esters is 2. The number of ether oxygens (including phenoxy) is 3. The summed E-state index contributed by atoms with van der Waals surface area (Å²) in [4.78, 5) is 39.8. The number of benzene rings is 1. The van der Waals surface area contributed by atoms with Gasteiger partial charge in [-0.3, -0.25) is 4.79 Å². The van der Waals surface area contributed by atoms with Crippen LogP contribution >= 0.6 is 0 Å². The van der Waals surface area contributed by atoms with Crippen LogP contribution in [-0.4, -0.2) is 42.5 Å². The molecule has 0 bridgehead atoms. The Hall–Kier alpha value is -3.16. The van der Waals surface area contributed by atoms with E-state index in [4.69, 9.17) is 14.2 Å². The molecule has 7 nitrogen and oxygen atoms in total. The molecule has 1 N–H and O–H groups in total. The van der Waals surface area contributed by atoms with Crippen molar-refractivity contribution in [2.45, 2.75) is 33.8 Å². The van der Waals surface area contributed by atoms with Gasteiger partial charge in [0.1, 0.15) is 0 Å². The number of rotatable bonds is 7. The quantitative estimate of drug-likeness (QED) is 0.574. The van der Waals surface area contributed by atoms with Crippen LogP contribution < -0.4 is 4.74 Å². The van der Waals surface area contributed by atoms with Gasteiger partial charge in [-0.25, -0.2) is 14.0 Å². The van der Waals surface area contributed by atoms with Crippen molar-refractivity contribution in [3.63, 3.8) is 0 Å². The first-order valence-corrected chi connectivity index (χ1v) is 8.66. The minimum atomic E-state index is -1.15. The van der Waals surface area contributed by atoms with E-state index in [2.05, 4.69) is 4.98 Å². The molecule has 0 saturated heterocycles. The lowest BCUT2D eigenvalue weighted by molar-refractivity contribution is 0.0316. The minimum Gasteiger partial charge on any atom is -0.494 e. The summed E-state index contributed by atoms with van der Waals surface area (Å²) in [7, 11) is 1.31. The van der Waals surface area contributed by atoms with E-state index in [-0.39, 0.29) is 29.2 Å². The van der Waals surface area contributed by atoms with Gasteiger partial charge in [0.2, 0.25) is 5.78 Å². The van der Waals surface area contributed by atoms with Crippen molar-refractivity contribution in [1.29, 1.82) is 0 Å². The van der Waals surface area contributed by atoms with Gasteiger partial charge in [0.15, 0.2) is 17.7 Å². The molecule has 0 aliphatic rings. The zero-order valence-corrected chi connectivity index (χ0v) is 16.3. The van der Waals surface area contributed by atoms with E-state index in [9.17, 15) is 18.8 Å². The highest BCUT2D eigenvalue weighted by molar-refractivity contribution is 6.04. The predicted octanol–water partition coefficient (Wildman–Crippen LogP) is 3.38. The summed E-state index contributed by atoms with van der Waals surface area (Å²) < 4.78 is 28.7. The first-order chi connectivity index (χ1) is 13.2. The number of halogens is 1. The third-order valence-electron chi connectivity index (χ3n) is 4.20. The van der Waals surface area contributed by atoms with Gasteiger partial charge < -0.3 is 19.2 Å². The Bertz CT molecular complexity index is 918. The average molecular weight is 391 g/mol. The molecule has 0 unspecified atom stereocenters. The van der Waals surface area contributed by atoms with Crippen molar-refractivity contribution in [3.05, 3.63) is 52.1 Å². The number of Topliss-reactive ketones (excluding diaryl/α,β-unsaturated/α-hetero) is 1. The number of aryl methyl sites for hydroxylation is 1. The first kappa shape index (κ1) is 21.1. The Morgan fingerprint density at radius 3 is 2.43 bits per heavy atom. The number of carbonyl (C=O) groups is 3. The van der Waals surface area contributed by atoms with Crippen LogP contribution in [0.15, 0.2) is 18.2 Å². The zero-order chi connectivity index (χ0) is 21.0.